The molecule has 76 valence electrons. The Morgan fingerprint density at radius 2 is 1.79 bits per heavy atom. The van der Waals surface area contributed by atoms with Crippen molar-refractivity contribution in [2.45, 2.75) is 25.5 Å². The number of hydrogen-bond donors (Lipinski definition) is 0. The van der Waals surface area contributed by atoms with E-state index in [1.807, 2.05) is 51.1 Å². The van der Waals surface area contributed by atoms with Gasteiger partial charge in [-0.25, -0.2) is 0 Å². The molecule has 1 aromatic rings. The fraction of sp³-hybridized carbons (Fsp3) is 0.364. The van der Waals surface area contributed by atoms with Crippen LogP contribution in [-0.4, -0.2) is 15.5 Å². The molecule has 0 amide bonds. The van der Waals surface area contributed by atoms with Gasteiger partial charge in [0.05, 0.1) is 6.21 Å². The van der Waals surface area contributed by atoms with E-state index < -0.39 is 11.4 Å². The zero-order valence-corrected chi connectivity index (χ0v) is 9.54. The molecule has 0 N–H and O–H groups in total. The van der Waals surface area contributed by atoms with Crippen molar-refractivity contribution < 1.29 is 4.55 Å². The van der Waals surface area contributed by atoms with Gasteiger partial charge in [-0.15, -0.1) is 0 Å². The maximum atomic E-state index is 11.6. The highest BCUT2D eigenvalue weighted by Crippen LogP contribution is 2.16. The van der Waals surface area contributed by atoms with Crippen molar-refractivity contribution in [1.29, 1.82) is 0 Å². The van der Waals surface area contributed by atoms with E-state index in [-0.39, 0.29) is 4.75 Å². The van der Waals surface area contributed by atoms with Crippen molar-refractivity contribution in [3.05, 3.63) is 35.9 Å². The largest absolute Gasteiger partial charge is 0.591 e. The van der Waals surface area contributed by atoms with Gasteiger partial charge in [-0.05, 0) is 26.3 Å². The molecular formula is C11H15NOS. The zero-order chi connectivity index (χ0) is 10.6. The minimum absolute atomic E-state index is 0.286. The third-order valence-corrected chi connectivity index (χ3v) is 2.97. The first-order valence-electron chi connectivity index (χ1n) is 4.51. The van der Waals surface area contributed by atoms with Crippen molar-refractivity contribution in [2.24, 2.45) is 4.40 Å². The summed E-state index contributed by atoms with van der Waals surface area (Å²) in [6.45, 7) is 5.72. The highest BCUT2D eigenvalue weighted by atomic mass is 32.2. The maximum absolute atomic E-state index is 11.6. The highest BCUT2D eigenvalue weighted by molar-refractivity contribution is 7.91. The summed E-state index contributed by atoms with van der Waals surface area (Å²) in [7, 11) is 0. The van der Waals surface area contributed by atoms with Crippen LogP contribution in [0.5, 0.6) is 0 Å². The molecule has 3 heteroatoms. The summed E-state index contributed by atoms with van der Waals surface area (Å²) in [5.41, 5.74) is 0.977. The van der Waals surface area contributed by atoms with Crippen LogP contribution in [0.2, 0.25) is 0 Å². The Morgan fingerprint density at radius 3 is 2.29 bits per heavy atom. The standard InChI is InChI=1S/C11H15NOS/c1-11(2,3)14(13)12-9-10-7-5-4-6-8-10/h4-9H,1-3H3. The van der Waals surface area contributed by atoms with E-state index >= 15 is 0 Å². The van der Waals surface area contributed by atoms with Crippen LogP contribution in [-0.2, 0) is 11.4 Å². The third kappa shape index (κ3) is 3.52. The lowest BCUT2D eigenvalue weighted by Gasteiger charge is -2.17. The predicted molar refractivity (Wildman–Crippen MR) is 61.9 cm³/mol. The van der Waals surface area contributed by atoms with Gasteiger partial charge < -0.3 is 4.55 Å². The van der Waals surface area contributed by atoms with Crippen LogP contribution in [0.15, 0.2) is 34.7 Å². The van der Waals surface area contributed by atoms with Gasteiger partial charge in [-0.2, -0.15) is 0 Å². The Bertz CT molecular complexity index is 303. The molecule has 0 aliphatic rings. The second-order valence-electron chi connectivity index (χ2n) is 4.01. The summed E-state index contributed by atoms with van der Waals surface area (Å²) >= 11 is -1.17. The fourth-order valence-electron chi connectivity index (χ4n) is 0.806. The van der Waals surface area contributed by atoms with E-state index in [9.17, 15) is 4.55 Å². The first-order valence-corrected chi connectivity index (χ1v) is 5.62. The summed E-state index contributed by atoms with van der Waals surface area (Å²) in [6, 6.07) is 9.67. The number of benzene rings is 1. The van der Waals surface area contributed by atoms with Gasteiger partial charge in [0.15, 0.2) is 0 Å². The smallest absolute Gasteiger partial charge is 0.144 e. The fourth-order valence-corrected chi connectivity index (χ4v) is 1.34. The first kappa shape index (κ1) is 11.3. The van der Waals surface area contributed by atoms with Crippen LogP contribution >= 0.6 is 0 Å². The van der Waals surface area contributed by atoms with Gasteiger partial charge in [0, 0.05) is 0 Å². The van der Waals surface area contributed by atoms with Gasteiger partial charge in [0.1, 0.15) is 16.1 Å². The first-order chi connectivity index (χ1) is 6.50. The van der Waals surface area contributed by atoms with E-state index in [1.54, 1.807) is 6.21 Å². The predicted octanol–water partition coefficient (Wildman–Crippen LogP) is 2.57. The molecular weight excluding hydrogens is 194 g/mol. The number of nitrogens with zero attached hydrogens (tertiary/aromatic N) is 1. The van der Waals surface area contributed by atoms with Crippen LogP contribution in [0.3, 0.4) is 0 Å². The van der Waals surface area contributed by atoms with E-state index in [0.717, 1.165) is 5.56 Å². The Hall–Kier alpha value is -0.800. The molecule has 0 radical (unpaired) electrons. The SMILES string of the molecule is CC(C)(C)[S+]([O-])N=Cc1ccccc1. The Kier molecular flexibility index (Phi) is 3.72. The molecule has 14 heavy (non-hydrogen) atoms. The lowest BCUT2D eigenvalue weighted by atomic mass is 10.2. The van der Waals surface area contributed by atoms with Gasteiger partial charge in [0.25, 0.3) is 0 Å². The monoisotopic (exact) mass is 209 g/mol. The van der Waals surface area contributed by atoms with Gasteiger partial charge in [-0.3, -0.25) is 0 Å². The Morgan fingerprint density at radius 1 is 1.21 bits per heavy atom. The van der Waals surface area contributed by atoms with Gasteiger partial charge >= 0.3 is 0 Å². The average molecular weight is 209 g/mol. The number of hydrogen-bond acceptors (Lipinski definition) is 2. The van der Waals surface area contributed by atoms with Crippen LogP contribution < -0.4 is 0 Å². The molecule has 0 heterocycles. The highest BCUT2D eigenvalue weighted by Gasteiger charge is 2.25. The molecule has 0 saturated heterocycles. The van der Waals surface area contributed by atoms with Crippen molar-refractivity contribution in [3.63, 3.8) is 0 Å². The normalized spacial score (nSPS) is 14.6. The topological polar surface area (TPSA) is 35.4 Å². The summed E-state index contributed by atoms with van der Waals surface area (Å²) < 4.78 is 15.3. The summed E-state index contributed by atoms with van der Waals surface area (Å²) in [5, 5.41) is 0. The summed E-state index contributed by atoms with van der Waals surface area (Å²) in [4.78, 5) is 0. The van der Waals surface area contributed by atoms with Crippen molar-refractivity contribution >= 4 is 17.6 Å². The van der Waals surface area contributed by atoms with Crippen molar-refractivity contribution in [3.8, 4) is 0 Å². The molecule has 0 aliphatic heterocycles. The minimum Gasteiger partial charge on any atom is -0.591 e. The van der Waals surface area contributed by atoms with Crippen LogP contribution in [0.1, 0.15) is 26.3 Å². The van der Waals surface area contributed by atoms with Gasteiger partial charge in [-0.1, -0.05) is 34.7 Å². The van der Waals surface area contributed by atoms with Crippen molar-refractivity contribution in [2.75, 3.05) is 0 Å². The molecule has 0 fully saturated rings. The average Bonchev–Trinajstić information content (AvgIpc) is 2.14. The zero-order valence-electron chi connectivity index (χ0n) is 8.73. The van der Waals surface area contributed by atoms with Crippen LogP contribution in [0, 0.1) is 0 Å². The molecule has 0 aromatic heterocycles. The Balaban J connectivity index is 2.66. The molecule has 0 aliphatic carbocycles. The summed E-state index contributed by atoms with van der Waals surface area (Å²) in [5.74, 6) is 0. The van der Waals surface area contributed by atoms with Crippen LogP contribution in [0.4, 0.5) is 0 Å². The lowest BCUT2D eigenvalue weighted by molar-refractivity contribution is 0.562. The van der Waals surface area contributed by atoms with E-state index in [1.165, 1.54) is 0 Å². The lowest BCUT2D eigenvalue weighted by Crippen LogP contribution is -2.25. The molecule has 1 aromatic carbocycles. The van der Waals surface area contributed by atoms with E-state index in [2.05, 4.69) is 4.40 Å². The Labute approximate surface area is 88.4 Å². The van der Waals surface area contributed by atoms with Crippen molar-refractivity contribution in [1.82, 2.24) is 0 Å². The van der Waals surface area contributed by atoms with Crippen LogP contribution in [0.25, 0.3) is 0 Å². The van der Waals surface area contributed by atoms with E-state index in [4.69, 9.17) is 0 Å². The summed E-state index contributed by atoms with van der Waals surface area (Å²) in [6.07, 6.45) is 1.65. The van der Waals surface area contributed by atoms with E-state index in [0.29, 0.717) is 0 Å². The molecule has 0 saturated carbocycles. The second-order valence-corrected chi connectivity index (χ2v) is 5.94. The molecule has 1 atom stereocenters. The number of rotatable bonds is 2. The molecule has 2 nitrogen and oxygen atoms in total. The third-order valence-electron chi connectivity index (χ3n) is 1.62. The second kappa shape index (κ2) is 4.62. The minimum atomic E-state index is -1.17. The van der Waals surface area contributed by atoms with Gasteiger partial charge in [0.2, 0.25) is 0 Å². The maximum Gasteiger partial charge on any atom is 0.144 e. The quantitative estimate of drug-likeness (QED) is 0.544. The molecule has 0 spiro atoms. The molecule has 1 unspecified atom stereocenters. The molecule has 0 bridgehead atoms. The molecule has 1 rings (SSSR count).